The lowest BCUT2D eigenvalue weighted by Crippen LogP contribution is -2.39. The molecule has 0 spiro atoms. The Labute approximate surface area is 154 Å². The summed E-state index contributed by atoms with van der Waals surface area (Å²) in [6.45, 7) is 0.714. The van der Waals surface area contributed by atoms with Gasteiger partial charge in [-0.3, -0.25) is 9.36 Å². The Kier molecular flexibility index (Phi) is 5.57. The largest absolute Gasteiger partial charge is 0.459 e. The molecule has 0 radical (unpaired) electrons. The van der Waals surface area contributed by atoms with Crippen molar-refractivity contribution in [3.05, 3.63) is 58.6 Å². The number of thioether (sulfide) groups is 1. The molecule has 2 heterocycles. The Morgan fingerprint density at radius 2 is 2.00 bits per heavy atom. The van der Waals surface area contributed by atoms with Crippen LogP contribution in [0.2, 0.25) is 0 Å². The predicted octanol–water partition coefficient (Wildman–Crippen LogP) is 0.584. The highest BCUT2D eigenvalue weighted by atomic mass is 32.2. The van der Waals surface area contributed by atoms with Crippen LogP contribution in [0.1, 0.15) is 10.4 Å². The van der Waals surface area contributed by atoms with Crippen LogP contribution in [0.25, 0.3) is 0 Å². The van der Waals surface area contributed by atoms with E-state index in [1.807, 2.05) is 6.07 Å². The van der Waals surface area contributed by atoms with Gasteiger partial charge in [-0.05, 0) is 18.2 Å². The number of rotatable bonds is 6. The second kappa shape index (κ2) is 8.05. The molecule has 0 aliphatic carbocycles. The van der Waals surface area contributed by atoms with Crippen LogP contribution in [0.3, 0.4) is 0 Å². The van der Waals surface area contributed by atoms with Gasteiger partial charge in [0.2, 0.25) is 5.91 Å². The average molecular weight is 374 g/mol. The molecule has 26 heavy (non-hydrogen) atoms. The summed E-state index contributed by atoms with van der Waals surface area (Å²) in [7, 11) is 0. The number of nitrogen functional groups attached to an aromatic ring is 1. The van der Waals surface area contributed by atoms with Gasteiger partial charge in [0.05, 0.1) is 11.3 Å². The van der Waals surface area contributed by atoms with Crippen molar-refractivity contribution in [2.24, 2.45) is 0 Å². The molecule has 1 aliphatic heterocycles. The van der Waals surface area contributed by atoms with E-state index in [9.17, 15) is 14.4 Å². The number of esters is 1. The minimum Gasteiger partial charge on any atom is -0.459 e. The number of nitrogens with zero attached hydrogens (tertiary/aromatic N) is 3. The SMILES string of the molecule is Nc1ccn(CCN2C(=O)CS[C@H]2COC(=O)c2ccccc2)c(=O)n1. The van der Waals surface area contributed by atoms with Gasteiger partial charge in [0.15, 0.2) is 0 Å². The van der Waals surface area contributed by atoms with Crippen molar-refractivity contribution < 1.29 is 14.3 Å². The van der Waals surface area contributed by atoms with Crippen LogP contribution < -0.4 is 11.4 Å². The standard InChI is InChI=1S/C17H18N4O4S/c18-13-6-7-20(17(24)19-13)8-9-21-14(22)11-26-15(21)10-25-16(23)12-4-2-1-3-5-12/h1-7,15H,8-11H2,(H2,18,19,24)/t15-/m0/s1. The molecule has 2 N–H and O–H groups in total. The summed E-state index contributed by atoms with van der Waals surface area (Å²) in [6.07, 6.45) is 1.54. The first-order chi connectivity index (χ1) is 12.5. The molecule has 8 nitrogen and oxygen atoms in total. The zero-order valence-corrected chi connectivity index (χ0v) is 14.7. The molecule has 2 aromatic rings. The van der Waals surface area contributed by atoms with E-state index in [0.29, 0.717) is 24.4 Å². The second-order valence-electron chi connectivity index (χ2n) is 5.65. The number of aromatic nitrogens is 2. The first-order valence-corrected chi connectivity index (χ1v) is 9.05. The van der Waals surface area contributed by atoms with Crippen molar-refractivity contribution in [3.8, 4) is 0 Å². The third-order valence-corrected chi connectivity index (χ3v) is 5.10. The number of benzene rings is 1. The van der Waals surface area contributed by atoms with Gasteiger partial charge in [-0.25, -0.2) is 9.59 Å². The molecular formula is C17H18N4O4S. The first kappa shape index (κ1) is 18.0. The number of carbonyl (C=O) groups is 2. The summed E-state index contributed by atoms with van der Waals surface area (Å²) in [4.78, 5) is 41.2. The molecule has 0 unspecified atom stereocenters. The number of amides is 1. The molecule has 1 fully saturated rings. The van der Waals surface area contributed by atoms with E-state index >= 15 is 0 Å². The van der Waals surface area contributed by atoms with Gasteiger partial charge < -0.3 is 15.4 Å². The van der Waals surface area contributed by atoms with Gasteiger partial charge in [0, 0.05) is 19.3 Å². The zero-order valence-electron chi connectivity index (χ0n) is 13.9. The van der Waals surface area contributed by atoms with Crippen LogP contribution in [-0.2, 0) is 16.1 Å². The lowest BCUT2D eigenvalue weighted by atomic mass is 10.2. The second-order valence-corrected chi connectivity index (χ2v) is 6.81. The van der Waals surface area contributed by atoms with Crippen molar-refractivity contribution >= 4 is 29.5 Å². The third-order valence-electron chi connectivity index (χ3n) is 3.91. The molecule has 1 saturated heterocycles. The van der Waals surface area contributed by atoms with Crippen LogP contribution >= 0.6 is 11.8 Å². The van der Waals surface area contributed by atoms with Gasteiger partial charge >= 0.3 is 11.7 Å². The van der Waals surface area contributed by atoms with E-state index in [1.165, 1.54) is 22.4 Å². The molecule has 0 saturated carbocycles. The summed E-state index contributed by atoms with van der Waals surface area (Å²) in [5.74, 6) is 0.00374. The van der Waals surface area contributed by atoms with Crippen molar-refractivity contribution in [1.29, 1.82) is 0 Å². The van der Waals surface area contributed by atoms with Crippen molar-refractivity contribution in [1.82, 2.24) is 14.5 Å². The van der Waals surface area contributed by atoms with E-state index in [0.717, 1.165) is 0 Å². The van der Waals surface area contributed by atoms with Crippen LogP contribution in [0, 0.1) is 0 Å². The van der Waals surface area contributed by atoms with Crippen LogP contribution in [-0.4, -0.2) is 50.6 Å². The highest BCUT2D eigenvalue weighted by Gasteiger charge is 2.32. The average Bonchev–Trinajstić information content (AvgIpc) is 2.99. The highest BCUT2D eigenvalue weighted by Crippen LogP contribution is 2.25. The molecule has 0 bridgehead atoms. The van der Waals surface area contributed by atoms with Gasteiger partial charge in [-0.15, -0.1) is 11.8 Å². The molecule has 1 amide bonds. The molecule has 1 aromatic heterocycles. The summed E-state index contributed by atoms with van der Waals surface area (Å²) in [6, 6.07) is 10.2. The van der Waals surface area contributed by atoms with Gasteiger partial charge in [0.1, 0.15) is 17.8 Å². The number of hydrogen-bond donors (Lipinski definition) is 1. The normalized spacial score (nSPS) is 16.7. The molecule has 9 heteroatoms. The van der Waals surface area contributed by atoms with Crippen molar-refractivity contribution in [3.63, 3.8) is 0 Å². The number of carbonyl (C=O) groups excluding carboxylic acids is 2. The number of nitrogens with two attached hydrogens (primary N) is 1. The Bertz CT molecular complexity index is 855. The summed E-state index contributed by atoms with van der Waals surface area (Å²) < 4.78 is 6.72. The Balaban J connectivity index is 1.58. The Hall–Kier alpha value is -2.81. The molecule has 1 aliphatic rings. The Morgan fingerprint density at radius 1 is 1.23 bits per heavy atom. The molecule has 3 rings (SSSR count). The van der Waals surface area contributed by atoms with E-state index in [-0.39, 0.29) is 23.7 Å². The molecule has 1 aromatic carbocycles. The van der Waals surface area contributed by atoms with Gasteiger partial charge in [-0.2, -0.15) is 4.98 Å². The molecule has 1 atom stereocenters. The van der Waals surface area contributed by atoms with Crippen molar-refractivity contribution in [2.45, 2.75) is 11.9 Å². The quantitative estimate of drug-likeness (QED) is 0.737. The Morgan fingerprint density at radius 3 is 2.73 bits per heavy atom. The summed E-state index contributed by atoms with van der Waals surface area (Å²) in [5.41, 5.74) is 5.47. The number of anilines is 1. The van der Waals surface area contributed by atoms with E-state index < -0.39 is 11.7 Å². The zero-order chi connectivity index (χ0) is 18.5. The van der Waals surface area contributed by atoms with E-state index in [4.69, 9.17) is 10.5 Å². The first-order valence-electron chi connectivity index (χ1n) is 8.01. The maximum atomic E-state index is 12.1. The van der Waals surface area contributed by atoms with Crippen LogP contribution in [0.4, 0.5) is 5.82 Å². The fourth-order valence-corrected chi connectivity index (χ4v) is 3.61. The molecule has 136 valence electrons. The van der Waals surface area contributed by atoms with Crippen LogP contribution in [0.5, 0.6) is 0 Å². The van der Waals surface area contributed by atoms with E-state index in [1.54, 1.807) is 35.4 Å². The summed E-state index contributed by atoms with van der Waals surface area (Å²) in [5, 5.41) is -0.271. The number of ether oxygens (including phenoxy) is 1. The van der Waals surface area contributed by atoms with Gasteiger partial charge in [0.25, 0.3) is 0 Å². The summed E-state index contributed by atoms with van der Waals surface area (Å²) >= 11 is 1.41. The lowest BCUT2D eigenvalue weighted by molar-refractivity contribution is -0.128. The van der Waals surface area contributed by atoms with Gasteiger partial charge in [-0.1, -0.05) is 18.2 Å². The fourth-order valence-electron chi connectivity index (χ4n) is 2.54. The fraction of sp³-hybridized carbons (Fsp3) is 0.294. The predicted molar refractivity (Wildman–Crippen MR) is 97.6 cm³/mol. The highest BCUT2D eigenvalue weighted by molar-refractivity contribution is 8.01. The number of hydrogen-bond acceptors (Lipinski definition) is 7. The smallest absolute Gasteiger partial charge is 0.349 e. The minimum atomic E-state index is -0.462. The maximum Gasteiger partial charge on any atom is 0.349 e. The third kappa shape index (κ3) is 4.23. The van der Waals surface area contributed by atoms with Crippen LogP contribution in [0.15, 0.2) is 47.4 Å². The maximum absolute atomic E-state index is 12.1. The molecular weight excluding hydrogens is 356 g/mol. The lowest BCUT2D eigenvalue weighted by Gasteiger charge is -2.23. The van der Waals surface area contributed by atoms with Crippen molar-refractivity contribution in [2.75, 3.05) is 24.6 Å². The monoisotopic (exact) mass is 374 g/mol. The van der Waals surface area contributed by atoms with E-state index in [2.05, 4.69) is 4.98 Å². The minimum absolute atomic E-state index is 0.0489. The topological polar surface area (TPSA) is 108 Å².